The third-order valence-corrected chi connectivity index (χ3v) is 6.39. The summed E-state index contributed by atoms with van der Waals surface area (Å²) in [4.78, 5) is 19.1. The zero-order valence-corrected chi connectivity index (χ0v) is 13.7. The van der Waals surface area contributed by atoms with E-state index in [9.17, 15) is 4.79 Å². The molecule has 3 atom stereocenters. The molecule has 2 bridgehead atoms. The lowest BCUT2D eigenvalue weighted by atomic mass is 9.45. The SMILES string of the molecule is CC1(C)C2CC[C@@H](CNc3c(C(N)=O)cnc4[nH]ccc34)[C@@H]1C2. The molecule has 0 aromatic carbocycles. The Labute approximate surface area is 136 Å². The third kappa shape index (κ3) is 2.13. The van der Waals surface area contributed by atoms with E-state index in [1.807, 2.05) is 12.3 Å². The Balaban J connectivity index is 1.59. The molecule has 3 aliphatic rings. The van der Waals surface area contributed by atoms with Gasteiger partial charge in [-0.3, -0.25) is 4.79 Å². The Hall–Kier alpha value is -2.04. The molecule has 23 heavy (non-hydrogen) atoms. The number of nitrogens with one attached hydrogen (secondary N) is 2. The zero-order valence-electron chi connectivity index (χ0n) is 13.7. The number of nitrogens with two attached hydrogens (primary N) is 1. The first-order valence-corrected chi connectivity index (χ1v) is 8.48. The Bertz CT molecular complexity index is 761. The summed E-state index contributed by atoms with van der Waals surface area (Å²) in [5.41, 5.74) is 8.08. The number of nitrogens with zero attached hydrogens (tertiary/aromatic N) is 1. The minimum Gasteiger partial charge on any atom is -0.383 e. The summed E-state index contributed by atoms with van der Waals surface area (Å²) < 4.78 is 0. The molecule has 3 fully saturated rings. The number of hydrogen-bond acceptors (Lipinski definition) is 3. The van der Waals surface area contributed by atoms with Gasteiger partial charge in [0, 0.05) is 24.3 Å². The van der Waals surface area contributed by atoms with Gasteiger partial charge in [0.25, 0.3) is 5.91 Å². The van der Waals surface area contributed by atoms with Gasteiger partial charge < -0.3 is 16.0 Å². The molecule has 2 aromatic heterocycles. The van der Waals surface area contributed by atoms with E-state index in [-0.39, 0.29) is 0 Å². The van der Waals surface area contributed by atoms with Crippen LogP contribution in [0.1, 0.15) is 43.5 Å². The highest BCUT2D eigenvalue weighted by molar-refractivity contribution is 6.05. The maximum absolute atomic E-state index is 11.7. The molecule has 3 aliphatic carbocycles. The number of primary amides is 1. The maximum Gasteiger partial charge on any atom is 0.252 e. The van der Waals surface area contributed by atoms with Crippen LogP contribution in [0.5, 0.6) is 0 Å². The molecule has 0 spiro atoms. The average molecular weight is 312 g/mol. The molecule has 1 unspecified atom stereocenters. The lowest BCUT2D eigenvalue weighted by Crippen LogP contribution is -2.53. The van der Waals surface area contributed by atoms with Gasteiger partial charge in [0.2, 0.25) is 0 Å². The quantitative estimate of drug-likeness (QED) is 0.811. The number of amides is 1. The largest absolute Gasteiger partial charge is 0.383 e. The minimum absolute atomic E-state index is 0.434. The highest BCUT2D eigenvalue weighted by Gasteiger charge is 2.53. The molecule has 5 rings (SSSR count). The predicted octanol–water partition coefficient (Wildman–Crippen LogP) is 3.15. The van der Waals surface area contributed by atoms with Crippen LogP contribution in [0.3, 0.4) is 0 Å². The predicted molar refractivity (Wildman–Crippen MR) is 91.2 cm³/mol. The number of aromatic nitrogens is 2. The molecular weight excluding hydrogens is 288 g/mol. The molecular formula is C18H24N4O. The van der Waals surface area contributed by atoms with Crippen LogP contribution < -0.4 is 11.1 Å². The normalized spacial score (nSPS) is 28.3. The van der Waals surface area contributed by atoms with Crippen molar-refractivity contribution in [2.75, 3.05) is 11.9 Å². The van der Waals surface area contributed by atoms with Gasteiger partial charge in [-0.05, 0) is 48.5 Å². The number of aromatic amines is 1. The molecule has 5 heteroatoms. The zero-order chi connectivity index (χ0) is 16.2. The summed E-state index contributed by atoms with van der Waals surface area (Å²) in [5, 5.41) is 4.46. The van der Waals surface area contributed by atoms with Crippen LogP contribution in [0, 0.1) is 23.2 Å². The summed E-state index contributed by atoms with van der Waals surface area (Å²) in [5.74, 6) is 1.92. The summed E-state index contributed by atoms with van der Waals surface area (Å²) in [6.07, 6.45) is 7.37. The van der Waals surface area contributed by atoms with Gasteiger partial charge in [-0.25, -0.2) is 4.98 Å². The lowest BCUT2D eigenvalue weighted by molar-refractivity contribution is -0.100. The van der Waals surface area contributed by atoms with Crippen molar-refractivity contribution in [1.29, 1.82) is 0 Å². The minimum atomic E-state index is -0.434. The van der Waals surface area contributed by atoms with Crippen molar-refractivity contribution in [3.05, 3.63) is 24.0 Å². The number of carbonyl (C=O) groups is 1. The van der Waals surface area contributed by atoms with E-state index >= 15 is 0 Å². The van der Waals surface area contributed by atoms with Crippen molar-refractivity contribution in [2.24, 2.45) is 28.9 Å². The molecule has 1 amide bonds. The highest BCUT2D eigenvalue weighted by atomic mass is 16.1. The fraction of sp³-hybridized carbons (Fsp3) is 0.556. The topological polar surface area (TPSA) is 83.8 Å². The Morgan fingerprint density at radius 2 is 2.30 bits per heavy atom. The summed E-state index contributed by atoms with van der Waals surface area (Å²) in [7, 11) is 0. The molecule has 0 aliphatic heterocycles. The molecule has 3 saturated carbocycles. The molecule has 4 N–H and O–H groups in total. The number of anilines is 1. The number of H-pyrrole nitrogens is 1. The van der Waals surface area contributed by atoms with Crippen LogP contribution in [-0.4, -0.2) is 22.4 Å². The average Bonchev–Trinajstić information content (AvgIpc) is 3.01. The fourth-order valence-corrected chi connectivity index (χ4v) is 4.83. The van der Waals surface area contributed by atoms with Crippen LogP contribution in [0.2, 0.25) is 0 Å². The number of rotatable bonds is 4. The van der Waals surface area contributed by atoms with Crippen molar-refractivity contribution in [1.82, 2.24) is 9.97 Å². The van der Waals surface area contributed by atoms with Crippen LogP contribution in [0.25, 0.3) is 11.0 Å². The Morgan fingerprint density at radius 1 is 1.48 bits per heavy atom. The van der Waals surface area contributed by atoms with Crippen LogP contribution >= 0.6 is 0 Å². The number of pyridine rings is 1. The van der Waals surface area contributed by atoms with Gasteiger partial charge in [-0.2, -0.15) is 0 Å². The van der Waals surface area contributed by atoms with Gasteiger partial charge in [0.05, 0.1) is 11.3 Å². The first-order valence-electron chi connectivity index (χ1n) is 8.48. The lowest BCUT2D eigenvalue weighted by Gasteiger charge is -2.60. The standard InChI is InChI=1S/C18H24N4O/c1-18(2)11-4-3-10(14(18)7-11)8-21-15-12-5-6-20-17(12)22-9-13(15)16(19)23/h5-6,9-11,14H,3-4,7-8H2,1-2H3,(H2,19,23)(H2,20,21,22)/t10-,11?,14-/m0/s1. The van der Waals surface area contributed by atoms with Crippen LogP contribution in [-0.2, 0) is 0 Å². The van der Waals surface area contributed by atoms with Gasteiger partial charge in [-0.1, -0.05) is 13.8 Å². The van der Waals surface area contributed by atoms with E-state index in [0.29, 0.717) is 16.9 Å². The van der Waals surface area contributed by atoms with E-state index in [4.69, 9.17) is 5.73 Å². The van der Waals surface area contributed by atoms with Crippen molar-refractivity contribution in [2.45, 2.75) is 33.1 Å². The second-order valence-corrected chi connectivity index (χ2v) is 7.73. The highest BCUT2D eigenvalue weighted by Crippen LogP contribution is 2.61. The van der Waals surface area contributed by atoms with Crippen LogP contribution in [0.4, 0.5) is 5.69 Å². The monoisotopic (exact) mass is 312 g/mol. The fourth-order valence-electron chi connectivity index (χ4n) is 4.83. The summed E-state index contributed by atoms with van der Waals surface area (Å²) in [6, 6.07) is 1.95. The van der Waals surface area contributed by atoms with E-state index in [2.05, 4.69) is 29.1 Å². The smallest absolute Gasteiger partial charge is 0.252 e. The van der Waals surface area contributed by atoms with Gasteiger partial charge in [0.1, 0.15) is 5.65 Å². The molecule has 2 aromatic rings. The molecule has 5 nitrogen and oxygen atoms in total. The van der Waals surface area contributed by atoms with Crippen molar-refractivity contribution < 1.29 is 4.79 Å². The molecule has 122 valence electrons. The molecule has 2 heterocycles. The number of hydrogen-bond donors (Lipinski definition) is 3. The number of fused-ring (bicyclic) bond motifs is 3. The van der Waals surface area contributed by atoms with Crippen LogP contribution in [0.15, 0.2) is 18.5 Å². The summed E-state index contributed by atoms with van der Waals surface area (Å²) in [6.45, 7) is 5.71. The third-order valence-electron chi connectivity index (χ3n) is 6.39. The van der Waals surface area contributed by atoms with Crippen molar-refractivity contribution in [3.8, 4) is 0 Å². The van der Waals surface area contributed by atoms with Crippen molar-refractivity contribution >= 4 is 22.6 Å². The molecule has 0 saturated heterocycles. The first kappa shape index (κ1) is 14.5. The van der Waals surface area contributed by atoms with Crippen molar-refractivity contribution in [3.63, 3.8) is 0 Å². The van der Waals surface area contributed by atoms with Gasteiger partial charge in [-0.15, -0.1) is 0 Å². The Kier molecular flexibility index (Phi) is 3.15. The second kappa shape index (κ2) is 4.98. The van der Waals surface area contributed by atoms with E-state index in [1.165, 1.54) is 19.3 Å². The van der Waals surface area contributed by atoms with E-state index in [1.54, 1.807) is 6.20 Å². The van der Waals surface area contributed by atoms with E-state index < -0.39 is 5.91 Å². The maximum atomic E-state index is 11.7. The second-order valence-electron chi connectivity index (χ2n) is 7.73. The Morgan fingerprint density at radius 3 is 3.00 bits per heavy atom. The molecule has 0 radical (unpaired) electrons. The first-order chi connectivity index (χ1) is 11.0. The van der Waals surface area contributed by atoms with E-state index in [0.717, 1.165) is 35.1 Å². The van der Waals surface area contributed by atoms with Gasteiger partial charge >= 0.3 is 0 Å². The number of carbonyl (C=O) groups excluding carboxylic acids is 1. The summed E-state index contributed by atoms with van der Waals surface area (Å²) >= 11 is 0. The van der Waals surface area contributed by atoms with Gasteiger partial charge in [0.15, 0.2) is 0 Å².